The van der Waals surface area contributed by atoms with E-state index in [0.29, 0.717) is 11.4 Å². The number of nitrogens with one attached hydrogen (secondary N) is 3. The maximum atomic E-state index is 13.0. The first-order valence-electron chi connectivity index (χ1n) is 9.39. The topological polar surface area (TPSA) is 128 Å². The van der Waals surface area contributed by atoms with Gasteiger partial charge in [-0.1, -0.05) is 42.5 Å². The Hall–Kier alpha value is -3.88. The summed E-state index contributed by atoms with van der Waals surface area (Å²) in [5.74, 6) is -2.17. The van der Waals surface area contributed by atoms with Gasteiger partial charge in [-0.25, -0.2) is 4.79 Å². The smallest absolute Gasteiger partial charge is 0.325 e. The number of carboxylic acid groups (broad SMARTS) is 1. The summed E-state index contributed by atoms with van der Waals surface area (Å²) in [6.45, 7) is 1.14. The number of benzene rings is 2. The lowest BCUT2D eigenvalue weighted by Gasteiger charge is -2.30. The highest BCUT2D eigenvalue weighted by Gasteiger charge is 2.30. The maximum absolute atomic E-state index is 13.0. The Morgan fingerprint density at radius 2 is 1.73 bits per heavy atom. The number of amides is 4. The predicted octanol–water partition coefficient (Wildman–Crippen LogP) is 1.36. The lowest BCUT2D eigenvalue weighted by molar-refractivity contribution is -0.141. The first-order valence-corrected chi connectivity index (χ1v) is 9.39. The Bertz CT molecular complexity index is 963. The normalized spacial score (nSPS) is 14.7. The molecule has 4 N–H and O–H groups in total. The number of urea groups is 1. The van der Waals surface area contributed by atoms with Gasteiger partial charge in [0.15, 0.2) is 0 Å². The molecule has 1 heterocycles. The second kappa shape index (κ2) is 9.08. The summed E-state index contributed by atoms with van der Waals surface area (Å²) in [4.78, 5) is 50.0. The number of fused-ring (bicyclic) bond motifs is 1. The number of para-hydroxylation sites is 2. The molecule has 2 atom stereocenters. The van der Waals surface area contributed by atoms with Gasteiger partial charge in [0.05, 0.1) is 11.4 Å². The number of nitrogens with zero attached hydrogens (tertiary/aromatic N) is 1. The van der Waals surface area contributed by atoms with Gasteiger partial charge in [-0.2, -0.15) is 0 Å². The molecule has 1 aliphatic heterocycles. The second-order valence-corrected chi connectivity index (χ2v) is 6.91. The number of hydrogen-bond donors (Lipinski definition) is 4. The first-order chi connectivity index (χ1) is 14.3. The molecular weight excluding hydrogens is 388 g/mol. The van der Waals surface area contributed by atoms with E-state index in [1.807, 2.05) is 6.07 Å². The van der Waals surface area contributed by atoms with Crippen LogP contribution in [0.3, 0.4) is 0 Å². The highest BCUT2D eigenvalue weighted by Crippen LogP contribution is 2.28. The molecule has 0 spiro atoms. The van der Waals surface area contributed by atoms with Crippen LogP contribution < -0.4 is 20.9 Å². The molecule has 30 heavy (non-hydrogen) atoms. The SMILES string of the molecule is C[C@@H](NC(=O)[C@H](Cc1ccccc1)NC(=O)N1CC(=O)Nc2ccccc21)C(=O)O. The van der Waals surface area contributed by atoms with Crippen LogP contribution >= 0.6 is 0 Å². The molecule has 9 heteroatoms. The molecule has 0 fully saturated rings. The van der Waals surface area contributed by atoms with E-state index in [1.54, 1.807) is 48.5 Å². The summed E-state index contributed by atoms with van der Waals surface area (Å²) < 4.78 is 0. The van der Waals surface area contributed by atoms with Crippen LogP contribution in [0.5, 0.6) is 0 Å². The van der Waals surface area contributed by atoms with Crippen LogP contribution in [0.25, 0.3) is 0 Å². The molecule has 0 aliphatic carbocycles. The minimum absolute atomic E-state index is 0.159. The van der Waals surface area contributed by atoms with Crippen molar-refractivity contribution in [3.63, 3.8) is 0 Å². The van der Waals surface area contributed by atoms with Gasteiger partial charge in [0.1, 0.15) is 18.6 Å². The van der Waals surface area contributed by atoms with Crippen LogP contribution in [0.1, 0.15) is 12.5 Å². The van der Waals surface area contributed by atoms with Crippen molar-refractivity contribution >= 4 is 35.2 Å². The summed E-state index contributed by atoms with van der Waals surface area (Å²) in [6, 6.07) is 13.1. The number of carboxylic acids is 1. The van der Waals surface area contributed by atoms with E-state index < -0.39 is 30.0 Å². The lowest BCUT2D eigenvalue weighted by atomic mass is 10.0. The van der Waals surface area contributed by atoms with Crippen molar-refractivity contribution in [2.45, 2.75) is 25.4 Å². The monoisotopic (exact) mass is 410 g/mol. The second-order valence-electron chi connectivity index (χ2n) is 6.91. The summed E-state index contributed by atoms with van der Waals surface area (Å²) in [7, 11) is 0. The van der Waals surface area contributed by atoms with E-state index >= 15 is 0 Å². The van der Waals surface area contributed by atoms with E-state index in [1.165, 1.54) is 11.8 Å². The summed E-state index contributed by atoms with van der Waals surface area (Å²) in [5.41, 5.74) is 1.79. The predicted molar refractivity (Wildman–Crippen MR) is 110 cm³/mol. The highest BCUT2D eigenvalue weighted by atomic mass is 16.4. The van der Waals surface area contributed by atoms with Gasteiger partial charge in [0.25, 0.3) is 0 Å². The molecule has 3 rings (SSSR count). The van der Waals surface area contributed by atoms with Gasteiger partial charge in [-0.15, -0.1) is 0 Å². The van der Waals surface area contributed by atoms with Crippen molar-refractivity contribution in [2.75, 3.05) is 16.8 Å². The minimum atomic E-state index is -1.19. The molecular formula is C21H22N4O5. The fraction of sp³-hybridized carbons (Fsp3) is 0.238. The van der Waals surface area contributed by atoms with Gasteiger partial charge in [0, 0.05) is 6.42 Å². The quantitative estimate of drug-likeness (QED) is 0.572. The molecule has 0 saturated heterocycles. The average molecular weight is 410 g/mol. The fourth-order valence-electron chi connectivity index (χ4n) is 3.08. The number of carbonyl (C=O) groups excluding carboxylic acids is 3. The van der Waals surface area contributed by atoms with Gasteiger partial charge >= 0.3 is 12.0 Å². The van der Waals surface area contributed by atoms with E-state index in [2.05, 4.69) is 16.0 Å². The van der Waals surface area contributed by atoms with Crippen molar-refractivity contribution < 1.29 is 24.3 Å². The van der Waals surface area contributed by atoms with Crippen molar-refractivity contribution in [2.24, 2.45) is 0 Å². The van der Waals surface area contributed by atoms with E-state index in [0.717, 1.165) is 5.56 Å². The molecule has 0 radical (unpaired) electrons. The van der Waals surface area contributed by atoms with Crippen LogP contribution in [0.2, 0.25) is 0 Å². The van der Waals surface area contributed by atoms with Gasteiger partial charge in [0.2, 0.25) is 11.8 Å². The molecule has 4 amide bonds. The Labute approximate surface area is 173 Å². The molecule has 0 aromatic heterocycles. The van der Waals surface area contributed by atoms with Crippen LogP contribution in [0.15, 0.2) is 54.6 Å². The lowest BCUT2D eigenvalue weighted by Crippen LogP contribution is -2.56. The molecule has 156 valence electrons. The van der Waals surface area contributed by atoms with E-state index in [4.69, 9.17) is 5.11 Å². The van der Waals surface area contributed by atoms with E-state index in [-0.39, 0.29) is 18.9 Å². The zero-order valence-corrected chi connectivity index (χ0v) is 16.3. The fourth-order valence-corrected chi connectivity index (χ4v) is 3.08. The average Bonchev–Trinajstić information content (AvgIpc) is 2.73. The third-order valence-electron chi connectivity index (χ3n) is 4.64. The molecule has 9 nitrogen and oxygen atoms in total. The third-order valence-corrected chi connectivity index (χ3v) is 4.64. The molecule has 2 aromatic carbocycles. The standard InChI is InChI=1S/C21H22N4O5/c1-13(20(28)29)22-19(27)16(11-14-7-3-2-4-8-14)24-21(30)25-12-18(26)23-15-9-5-6-10-17(15)25/h2-10,13,16H,11-12H2,1H3,(H,22,27)(H,23,26)(H,24,30)(H,28,29)/t13-,16+/m1/s1. The van der Waals surface area contributed by atoms with Crippen LogP contribution in [-0.4, -0.2) is 47.5 Å². The number of hydrogen-bond acceptors (Lipinski definition) is 4. The molecule has 0 saturated carbocycles. The Morgan fingerprint density at radius 3 is 2.43 bits per heavy atom. The molecule has 1 aliphatic rings. The Balaban J connectivity index is 1.81. The first kappa shape index (κ1) is 20.8. The zero-order valence-electron chi connectivity index (χ0n) is 16.3. The van der Waals surface area contributed by atoms with Crippen molar-refractivity contribution in [1.82, 2.24) is 10.6 Å². The van der Waals surface area contributed by atoms with Crippen LogP contribution in [0, 0.1) is 0 Å². The minimum Gasteiger partial charge on any atom is -0.480 e. The van der Waals surface area contributed by atoms with Crippen molar-refractivity contribution in [3.8, 4) is 0 Å². The van der Waals surface area contributed by atoms with Crippen molar-refractivity contribution in [3.05, 3.63) is 60.2 Å². The maximum Gasteiger partial charge on any atom is 0.325 e. The summed E-state index contributed by atoms with van der Waals surface area (Å²) in [6.07, 6.45) is 0.159. The Morgan fingerprint density at radius 1 is 1.07 bits per heavy atom. The van der Waals surface area contributed by atoms with Crippen LogP contribution in [0.4, 0.5) is 16.2 Å². The molecule has 0 bridgehead atoms. The van der Waals surface area contributed by atoms with Gasteiger partial charge in [-0.05, 0) is 24.6 Å². The number of anilines is 2. The van der Waals surface area contributed by atoms with Crippen molar-refractivity contribution in [1.29, 1.82) is 0 Å². The third kappa shape index (κ3) is 4.93. The van der Waals surface area contributed by atoms with E-state index in [9.17, 15) is 19.2 Å². The zero-order chi connectivity index (χ0) is 21.7. The molecule has 2 aromatic rings. The van der Waals surface area contributed by atoms with Gasteiger partial charge < -0.3 is 21.1 Å². The number of aliphatic carboxylic acids is 1. The Kier molecular flexibility index (Phi) is 6.31. The number of carbonyl (C=O) groups is 4. The summed E-state index contributed by atoms with van der Waals surface area (Å²) >= 11 is 0. The highest BCUT2D eigenvalue weighted by molar-refractivity contribution is 6.10. The molecule has 0 unspecified atom stereocenters. The largest absolute Gasteiger partial charge is 0.480 e. The summed E-state index contributed by atoms with van der Waals surface area (Å²) in [5, 5.41) is 16.8. The van der Waals surface area contributed by atoms with Crippen LogP contribution in [-0.2, 0) is 20.8 Å². The number of rotatable bonds is 6. The van der Waals surface area contributed by atoms with Gasteiger partial charge in [-0.3, -0.25) is 19.3 Å².